The highest BCUT2D eigenvalue weighted by molar-refractivity contribution is 5.80. The Balaban J connectivity index is 2.52. The van der Waals surface area contributed by atoms with Crippen molar-refractivity contribution in [3.05, 3.63) is 11.8 Å². The van der Waals surface area contributed by atoms with Crippen molar-refractivity contribution in [2.24, 2.45) is 11.1 Å². The van der Waals surface area contributed by atoms with E-state index in [4.69, 9.17) is 5.73 Å². The summed E-state index contributed by atoms with van der Waals surface area (Å²) in [4.78, 5) is 16.4. The van der Waals surface area contributed by atoms with Gasteiger partial charge in [-0.1, -0.05) is 19.9 Å². The van der Waals surface area contributed by atoms with Crippen LogP contribution in [0, 0.1) is 5.41 Å². The van der Waals surface area contributed by atoms with Gasteiger partial charge in [0.25, 0.3) is 0 Å². The molecule has 0 aliphatic heterocycles. The topological polar surface area (TPSA) is 49.6 Å². The van der Waals surface area contributed by atoms with Gasteiger partial charge in [0.05, 0.1) is 6.54 Å². The highest BCUT2D eigenvalue weighted by atomic mass is 16.2. The zero-order chi connectivity index (χ0) is 14.5. The van der Waals surface area contributed by atoms with Crippen molar-refractivity contribution in [1.82, 2.24) is 9.80 Å². The molecule has 0 unspecified atom stereocenters. The first kappa shape index (κ1) is 16.2. The maximum Gasteiger partial charge on any atom is 0.240 e. The molecule has 0 heterocycles. The molecule has 4 heteroatoms. The van der Waals surface area contributed by atoms with Crippen LogP contribution in [0.5, 0.6) is 0 Å². The summed E-state index contributed by atoms with van der Waals surface area (Å²) in [6.45, 7) is 9.00. The number of likely N-dealkylation sites (N-methyl/N-ethyl adjacent to an activating group) is 2. The summed E-state index contributed by atoms with van der Waals surface area (Å²) in [6.07, 6.45) is 5.52. The molecule has 0 saturated heterocycles. The summed E-state index contributed by atoms with van der Waals surface area (Å²) in [7, 11) is 1.99. The summed E-state index contributed by atoms with van der Waals surface area (Å²) < 4.78 is 0. The van der Waals surface area contributed by atoms with E-state index in [1.807, 2.05) is 18.9 Å². The Morgan fingerprint density at radius 3 is 2.63 bits per heavy atom. The molecule has 2 N–H and O–H groups in total. The molecular formula is C15H29N3O. The van der Waals surface area contributed by atoms with Crippen LogP contribution in [-0.2, 0) is 4.79 Å². The molecule has 1 aliphatic rings. The number of rotatable bonds is 7. The normalized spacial score (nSPS) is 15.8. The Kier molecular flexibility index (Phi) is 6.01. The fraction of sp³-hybridized carbons (Fsp3) is 0.800. The Bertz CT molecular complexity index is 336. The second-order valence-corrected chi connectivity index (χ2v) is 6.27. The number of carbonyl (C=O) groups excluding carboxylic acids is 1. The third kappa shape index (κ3) is 4.96. The Hall–Kier alpha value is -0.870. The third-order valence-electron chi connectivity index (χ3n) is 3.64. The average molecular weight is 267 g/mol. The molecule has 0 aromatic rings. The standard InChI is InChI=1S/C15H29N3O/c1-5-18(13-8-6-7-9-13)14(19)10-17(4)12-15(2,3)11-16/h8H,5-7,9-12,16H2,1-4H3. The molecule has 1 amide bonds. The Morgan fingerprint density at radius 1 is 1.47 bits per heavy atom. The van der Waals surface area contributed by atoms with Crippen molar-refractivity contribution in [2.45, 2.75) is 40.0 Å². The first-order valence-electron chi connectivity index (χ1n) is 7.27. The Labute approximate surface area is 117 Å². The summed E-state index contributed by atoms with van der Waals surface area (Å²) in [6, 6.07) is 0. The maximum atomic E-state index is 12.4. The van der Waals surface area contributed by atoms with Crippen LogP contribution < -0.4 is 5.73 Å². The second-order valence-electron chi connectivity index (χ2n) is 6.27. The smallest absolute Gasteiger partial charge is 0.240 e. The number of nitrogens with zero attached hydrogens (tertiary/aromatic N) is 2. The van der Waals surface area contributed by atoms with E-state index in [9.17, 15) is 4.79 Å². The lowest BCUT2D eigenvalue weighted by atomic mass is 9.93. The zero-order valence-electron chi connectivity index (χ0n) is 12.9. The SMILES string of the molecule is CCN(C(=O)CN(C)CC(C)(C)CN)C1=CCCC1. The number of allylic oxidation sites excluding steroid dienone is 2. The minimum absolute atomic E-state index is 0.0543. The van der Waals surface area contributed by atoms with Gasteiger partial charge in [-0.05, 0) is 45.2 Å². The Morgan fingerprint density at radius 2 is 2.16 bits per heavy atom. The van der Waals surface area contributed by atoms with E-state index >= 15 is 0 Å². The average Bonchev–Trinajstić information content (AvgIpc) is 2.82. The highest BCUT2D eigenvalue weighted by Gasteiger charge is 2.23. The van der Waals surface area contributed by atoms with Crippen LogP contribution in [0.3, 0.4) is 0 Å². The second kappa shape index (κ2) is 7.06. The predicted molar refractivity (Wildman–Crippen MR) is 79.7 cm³/mol. The lowest BCUT2D eigenvalue weighted by Crippen LogP contribution is -2.43. The summed E-state index contributed by atoms with van der Waals surface area (Å²) in [5, 5.41) is 0. The third-order valence-corrected chi connectivity index (χ3v) is 3.64. The molecule has 1 rings (SSSR count). The minimum atomic E-state index is 0.0543. The van der Waals surface area contributed by atoms with Crippen LogP contribution in [0.15, 0.2) is 11.8 Å². The van der Waals surface area contributed by atoms with Crippen molar-refractivity contribution in [1.29, 1.82) is 0 Å². The minimum Gasteiger partial charge on any atom is -0.330 e. The largest absolute Gasteiger partial charge is 0.330 e. The molecule has 0 radical (unpaired) electrons. The van der Waals surface area contributed by atoms with Gasteiger partial charge in [0.15, 0.2) is 0 Å². The summed E-state index contributed by atoms with van der Waals surface area (Å²) in [5.74, 6) is 0.200. The van der Waals surface area contributed by atoms with Crippen molar-refractivity contribution in [2.75, 3.05) is 33.2 Å². The first-order chi connectivity index (χ1) is 8.89. The van der Waals surface area contributed by atoms with Crippen LogP contribution in [-0.4, -0.2) is 48.9 Å². The van der Waals surface area contributed by atoms with Gasteiger partial charge in [0.1, 0.15) is 0 Å². The van der Waals surface area contributed by atoms with Crippen molar-refractivity contribution >= 4 is 5.91 Å². The van der Waals surface area contributed by atoms with E-state index in [1.165, 1.54) is 12.1 Å². The van der Waals surface area contributed by atoms with E-state index < -0.39 is 0 Å². The lowest BCUT2D eigenvalue weighted by Gasteiger charge is -2.30. The molecule has 0 fully saturated rings. The monoisotopic (exact) mass is 267 g/mol. The van der Waals surface area contributed by atoms with E-state index in [0.29, 0.717) is 13.1 Å². The van der Waals surface area contributed by atoms with Gasteiger partial charge in [-0.3, -0.25) is 9.69 Å². The maximum absolute atomic E-state index is 12.4. The van der Waals surface area contributed by atoms with Gasteiger partial charge in [-0.25, -0.2) is 0 Å². The molecular weight excluding hydrogens is 238 g/mol. The number of amides is 1. The van der Waals surface area contributed by atoms with Crippen molar-refractivity contribution in [3.63, 3.8) is 0 Å². The van der Waals surface area contributed by atoms with Gasteiger partial charge < -0.3 is 10.6 Å². The van der Waals surface area contributed by atoms with Crippen LogP contribution >= 0.6 is 0 Å². The molecule has 19 heavy (non-hydrogen) atoms. The van der Waals surface area contributed by atoms with Crippen LogP contribution in [0.25, 0.3) is 0 Å². The van der Waals surface area contributed by atoms with E-state index in [1.54, 1.807) is 0 Å². The lowest BCUT2D eigenvalue weighted by molar-refractivity contribution is -0.130. The molecule has 1 aliphatic carbocycles. The van der Waals surface area contributed by atoms with E-state index in [2.05, 4.69) is 24.8 Å². The summed E-state index contributed by atoms with van der Waals surface area (Å²) >= 11 is 0. The predicted octanol–water partition coefficient (Wildman–Crippen LogP) is 1.82. The summed E-state index contributed by atoms with van der Waals surface area (Å²) in [5.41, 5.74) is 7.00. The van der Waals surface area contributed by atoms with Crippen LogP contribution in [0.2, 0.25) is 0 Å². The zero-order valence-corrected chi connectivity index (χ0v) is 12.9. The number of hydrogen-bond donors (Lipinski definition) is 1. The number of nitrogens with two attached hydrogens (primary N) is 1. The van der Waals surface area contributed by atoms with Gasteiger partial charge >= 0.3 is 0 Å². The first-order valence-corrected chi connectivity index (χ1v) is 7.27. The molecule has 0 aromatic carbocycles. The fourth-order valence-electron chi connectivity index (χ4n) is 2.61. The van der Waals surface area contributed by atoms with Crippen molar-refractivity contribution in [3.8, 4) is 0 Å². The van der Waals surface area contributed by atoms with Gasteiger partial charge in [0.2, 0.25) is 5.91 Å². The number of hydrogen-bond acceptors (Lipinski definition) is 3. The molecule has 0 aromatic heterocycles. The van der Waals surface area contributed by atoms with E-state index in [-0.39, 0.29) is 11.3 Å². The van der Waals surface area contributed by atoms with Gasteiger partial charge in [0, 0.05) is 18.8 Å². The highest BCUT2D eigenvalue weighted by Crippen LogP contribution is 2.21. The molecule has 110 valence electrons. The van der Waals surface area contributed by atoms with Crippen LogP contribution in [0.4, 0.5) is 0 Å². The van der Waals surface area contributed by atoms with Gasteiger partial charge in [-0.2, -0.15) is 0 Å². The van der Waals surface area contributed by atoms with E-state index in [0.717, 1.165) is 25.9 Å². The van der Waals surface area contributed by atoms with Gasteiger partial charge in [-0.15, -0.1) is 0 Å². The fourth-order valence-corrected chi connectivity index (χ4v) is 2.61. The molecule has 0 bridgehead atoms. The quantitative estimate of drug-likeness (QED) is 0.765. The van der Waals surface area contributed by atoms with Crippen LogP contribution in [0.1, 0.15) is 40.0 Å². The molecule has 0 spiro atoms. The molecule has 0 atom stereocenters. The van der Waals surface area contributed by atoms with Crippen molar-refractivity contribution < 1.29 is 4.79 Å². The molecule has 4 nitrogen and oxygen atoms in total. The number of carbonyl (C=O) groups is 1. The molecule has 0 saturated carbocycles.